The minimum absolute atomic E-state index is 0.0113. The van der Waals surface area contributed by atoms with Crippen molar-refractivity contribution in [1.82, 2.24) is 5.32 Å². The molecule has 2 aromatic rings. The topological polar surface area (TPSA) is 81.1 Å². The quantitative estimate of drug-likeness (QED) is 0.736. The van der Waals surface area contributed by atoms with E-state index in [1.807, 2.05) is 60.7 Å². The van der Waals surface area contributed by atoms with Crippen LogP contribution in [-0.2, 0) is 4.79 Å². The molecule has 0 saturated carbocycles. The van der Waals surface area contributed by atoms with Gasteiger partial charge in [0, 0.05) is 6.54 Å². The number of benzene rings is 2. The van der Waals surface area contributed by atoms with E-state index in [1.54, 1.807) is 0 Å². The molecule has 0 saturated heterocycles. The monoisotopic (exact) mass is 269 g/mol. The first kappa shape index (κ1) is 14.2. The summed E-state index contributed by atoms with van der Waals surface area (Å²) in [5.41, 5.74) is 13.1. The van der Waals surface area contributed by atoms with Gasteiger partial charge in [0.15, 0.2) is 0 Å². The van der Waals surface area contributed by atoms with E-state index in [2.05, 4.69) is 5.32 Å². The number of hydrogen-bond acceptors (Lipinski definition) is 3. The second-order valence-electron chi connectivity index (χ2n) is 4.67. The molecule has 0 radical (unpaired) electrons. The van der Waals surface area contributed by atoms with Crippen LogP contribution in [0.2, 0.25) is 0 Å². The fourth-order valence-electron chi connectivity index (χ4n) is 2.06. The molecule has 1 amide bonds. The van der Waals surface area contributed by atoms with Crippen molar-refractivity contribution in [3.63, 3.8) is 0 Å². The lowest BCUT2D eigenvalue weighted by Crippen LogP contribution is -2.45. The minimum Gasteiger partial charge on any atom is -0.368 e. The highest BCUT2D eigenvalue weighted by Gasteiger charge is 2.16. The van der Waals surface area contributed by atoms with Gasteiger partial charge in [0.1, 0.15) is 0 Å². The van der Waals surface area contributed by atoms with Crippen molar-refractivity contribution in [3.8, 4) is 0 Å². The number of rotatable bonds is 6. The predicted molar refractivity (Wildman–Crippen MR) is 79.9 cm³/mol. The molecule has 5 N–H and O–H groups in total. The molecule has 2 aromatic carbocycles. The second kappa shape index (κ2) is 6.84. The van der Waals surface area contributed by atoms with Crippen LogP contribution in [0, 0.1) is 0 Å². The normalized spacial score (nSPS) is 12.3. The Morgan fingerprint density at radius 2 is 1.40 bits per heavy atom. The number of hydrogen-bond donors (Lipinski definition) is 3. The van der Waals surface area contributed by atoms with Crippen LogP contribution in [0.1, 0.15) is 17.2 Å². The lowest BCUT2D eigenvalue weighted by Gasteiger charge is -2.21. The van der Waals surface area contributed by atoms with Crippen molar-refractivity contribution in [1.29, 1.82) is 0 Å². The molecule has 4 heteroatoms. The Morgan fingerprint density at radius 3 is 1.80 bits per heavy atom. The fourth-order valence-corrected chi connectivity index (χ4v) is 2.06. The first-order valence-corrected chi connectivity index (χ1v) is 6.56. The number of amides is 1. The zero-order chi connectivity index (χ0) is 14.4. The summed E-state index contributed by atoms with van der Waals surface area (Å²) in [4.78, 5) is 11.0. The van der Waals surface area contributed by atoms with Gasteiger partial charge in [-0.3, -0.25) is 4.79 Å². The molecule has 0 aromatic heterocycles. The summed E-state index contributed by atoms with van der Waals surface area (Å²) < 4.78 is 0. The Balaban J connectivity index is 2.19. The van der Waals surface area contributed by atoms with Crippen molar-refractivity contribution in [2.24, 2.45) is 11.5 Å². The van der Waals surface area contributed by atoms with Crippen LogP contribution in [-0.4, -0.2) is 18.5 Å². The minimum atomic E-state index is -0.690. The summed E-state index contributed by atoms with van der Waals surface area (Å²) in [6.45, 7) is 0.337. The Labute approximate surface area is 118 Å². The standard InChI is InChI=1S/C16H19N3O/c17-14(16(18)20)11-19-15(12-7-3-1-4-8-12)13-9-5-2-6-10-13/h1-10,14-15,19H,11,17H2,(H2,18,20). The largest absolute Gasteiger partial charge is 0.368 e. The molecular formula is C16H19N3O. The third-order valence-corrected chi connectivity index (χ3v) is 3.17. The van der Waals surface area contributed by atoms with Crippen LogP contribution in [0.5, 0.6) is 0 Å². The Morgan fingerprint density at radius 1 is 0.950 bits per heavy atom. The number of carbonyl (C=O) groups is 1. The van der Waals surface area contributed by atoms with Gasteiger partial charge in [-0.1, -0.05) is 60.7 Å². The molecule has 4 nitrogen and oxygen atoms in total. The van der Waals surface area contributed by atoms with Gasteiger partial charge in [0.2, 0.25) is 5.91 Å². The Hall–Kier alpha value is -2.17. The molecule has 0 aliphatic carbocycles. The summed E-state index contributed by atoms with van der Waals surface area (Å²) in [6.07, 6.45) is 0. The van der Waals surface area contributed by atoms with Gasteiger partial charge in [0.25, 0.3) is 0 Å². The predicted octanol–water partition coefficient (Wildman–Crippen LogP) is 1.18. The molecule has 1 atom stereocenters. The molecule has 2 rings (SSSR count). The zero-order valence-corrected chi connectivity index (χ0v) is 11.2. The summed E-state index contributed by atoms with van der Waals surface area (Å²) in [5.74, 6) is -0.502. The summed E-state index contributed by atoms with van der Waals surface area (Å²) in [5, 5.41) is 3.31. The smallest absolute Gasteiger partial charge is 0.235 e. The SMILES string of the molecule is NC(=O)C(N)CNC(c1ccccc1)c1ccccc1. The molecule has 1 unspecified atom stereocenters. The fraction of sp³-hybridized carbons (Fsp3) is 0.188. The molecule has 0 fully saturated rings. The van der Waals surface area contributed by atoms with E-state index < -0.39 is 11.9 Å². The van der Waals surface area contributed by atoms with Crippen LogP contribution in [0.25, 0.3) is 0 Å². The number of nitrogens with two attached hydrogens (primary N) is 2. The van der Waals surface area contributed by atoms with E-state index in [1.165, 1.54) is 0 Å². The van der Waals surface area contributed by atoms with Gasteiger partial charge in [-0.2, -0.15) is 0 Å². The highest BCUT2D eigenvalue weighted by molar-refractivity contribution is 5.79. The average molecular weight is 269 g/mol. The van der Waals surface area contributed by atoms with Crippen molar-refractivity contribution in [2.75, 3.05) is 6.54 Å². The molecule has 20 heavy (non-hydrogen) atoms. The van der Waals surface area contributed by atoms with Crippen LogP contribution >= 0.6 is 0 Å². The Kier molecular flexibility index (Phi) is 4.87. The molecule has 0 bridgehead atoms. The lowest BCUT2D eigenvalue weighted by molar-refractivity contribution is -0.119. The van der Waals surface area contributed by atoms with Gasteiger partial charge in [-0.15, -0.1) is 0 Å². The molecule has 0 aliphatic heterocycles. The van der Waals surface area contributed by atoms with E-state index in [0.717, 1.165) is 11.1 Å². The second-order valence-corrected chi connectivity index (χ2v) is 4.67. The first-order chi connectivity index (χ1) is 9.68. The summed E-state index contributed by atoms with van der Waals surface area (Å²) >= 11 is 0. The number of nitrogens with one attached hydrogen (secondary N) is 1. The summed E-state index contributed by atoms with van der Waals surface area (Å²) in [6, 6.07) is 19.4. The van der Waals surface area contributed by atoms with Crippen molar-refractivity contribution in [3.05, 3.63) is 71.8 Å². The third-order valence-electron chi connectivity index (χ3n) is 3.17. The lowest BCUT2D eigenvalue weighted by atomic mass is 9.98. The van der Waals surface area contributed by atoms with Crippen LogP contribution in [0.3, 0.4) is 0 Å². The van der Waals surface area contributed by atoms with Gasteiger partial charge in [-0.25, -0.2) is 0 Å². The van der Waals surface area contributed by atoms with Crippen molar-refractivity contribution < 1.29 is 4.79 Å². The zero-order valence-electron chi connectivity index (χ0n) is 11.2. The molecule has 0 heterocycles. The number of primary amides is 1. The molecule has 0 aliphatic rings. The van der Waals surface area contributed by atoms with E-state index in [-0.39, 0.29) is 6.04 Å². The van der Waals surface area contributed by atoms with Gasteiger partial charge < -0.3 is 16.8 Å². The molecule has 104 valence electrons. The maximum absolute atomic E-state index is 11.0. The molecule has 0 spiro atoms. The molecular weight excluding hydrogens is 250 g/mol. The summed E-state index contributed by atoms with van der Waals surface area (Å²) in [7, 11) is 0. The van der Waals surface area contributed by atoms with E-state index in [4.69, 9.17) is 11.5 Å². The number of carbonyl (C=O) groups excluding carboxylic acids is 1. The van der Waals surface area contributed by atoms with Crippen molar-refractivity contribution in [2.45, 2.75) is 12.1 Å². The Bertz CT molecular complexity index is 503. The van der Waals surface area contributed by atoms with Crippen LogP contribution in [0.15, 0.2) is 60.7 Å². The van der Waals surface area contributed by atoms with Crippen molar-refractivity contribution >= 4 is 5.91 Å². The maximum Gasteiger partial charge on any atom is 0.235 e. The highest BCUT2D eigenvalue weighted by Crippen LogP contribution is 2.21. The van der Waals surface area contributed by atoms with E-state index in [0.29, 0.717) is 6.54 Å². The van der Waals surface area contributed by atoms with Crippen LogP contribution < -0.4 is 16.8 Å². The maximum atomic E-state index is 11.0. The van der Waals surface area contributed by atoms with E-state index in [9.17, 15) is 4.79 Å². The first-order valence-electron chi connectivity index (χ1n) is 6.56. The van der Waals surface area contributed by atoms with E-state index >= 15 is 0 Å². The van der Waals surface area contributed by atoms with Gasteiger partial charge >= 0.3 is 0 Å². The average Bonchev–Trinajstić information content (AvgIpc) is 2.49. The third kappa shape index (κ3) is 3.66. The van der Waals surface area contributed by atoms with Gasteiger partial charge in [-0.05, 0) is 11.1 Å². The highest BCUT2D eigenvalue weighted by atomic mass is 16.1. The van der Waals surface area contributed by atoms with Gasteiger partial charge in [0.05, 0.1) is 12.1 Å². The van der Waals surface area contributed by atoms with Crippen LogP contribution in [0.4, 0.5) is 0 Å².